The Morgan fingerprint density at radius 1 is 0.609 bits per heavy atom. The van der Waals surface area contributed by atoms with Crippen LogP contribution in [0.1, 0.15) is 116 Å². The van der Waals surface area contributed by atoms with Crippen LogP contribution in [0.3, 0.4) is 0 Å². The zero-order valence-electron chi connectivity index (χ0n) is 15.6. The van der Waals surface area contributed by atoms with Crippen LogP contribution >= 0.6 is 0 Å². The van der Waals surface area contributed by atoms with E-state index in [1.54, 1.807) is 0 Å². The Labute approximate surface area is 145 Å². The molecule has 0 saturated carbocycles. The summed E-state index contributed by atoms with van der Waals surface area (Å²) in [5.41, 5.74) is 5.81. The molecule has 0 aliphatic heterocycles. The highest BCUT2D eigenvalue weighted by Crippen LogP contribution is 2.14. The molecule has 0 aliphatic carbocycles. The van der Waals surface area contributed by atoms with Crippen molar-refractivity contribution in [3.05, 3.63) is 0 Å². The number of aliphatic hydroxyl groups excluding tert-OH is 1. The van der Waals surface area contributed by atoms with Crippen LogP contribution in [0.15, 0.2) is 0 Å². The Kier molecular flexibility index (Phi) is 18.1. The van der Waals surface area contributed by atoms with Crippen molar-refractivity contribution in [2.75, 3.05) is 0 Å². The summed E-state index contributed by atoms with van der Waals surface area (Å²) < 4.78 is 0. The second kappa shape index (κ2) is 18.2. The summed E-state index contributed by atoms with van der Waals surface area (Å²) in [7, 11) is 0. The molecular weight excluding hydrogens is 286 g/mol. The van der Waals surface area contributed by atoms with E-state index in [0.717, 1.165) is 12.8 Å². The standard InChI is InChI=1S/C20H43NO2/c1-2-3-4-5-6-7-8-9-10-11-12-13-14-15-16-17-19(21)18-20(22)23/h19-20,22-23H,2-18,21H2,1H3. The molecule has 23 heavy (non-hydrogen) atoms. The first-order valence-corrected chi connectivity index (χ1v) is 10.3. The van der Waals surface area contributed by atoms with Crippen molar-refractivity contribution in [2.45, 2.75) is 128 Å². The third-order valence-corrected chi connectivity index (χ3v) is 4.69. The van der Waals surface area contributed by atoms with E-state index in [1.807, 2.05) is 0 Å². The van der Waals surface area contributed by atoms with E-state index in [-0.39, 0.29) is 6.04 Å². The Bertz CT molecular complexity index is 222. The van der Waals surface area contributed by atoms with Gasteiger partial charge in [-0.3, -0.25) is 0 Å². The maximum atomic E-state index is 8.82. The average Bonchev–Trinajstić information content (AvgIpc) is 2.50. The first-order valence-electron chi connectivity index (χ1n) is 10.3. The Morgan fingerprint density at radius 3 is 1.30 bits per heavy atom. The first kappa shape index (κ1) is 22.9. The minimum Gasteiger partial charge on any atom is -0.368 e. The van der Waals surface area contributed by atoms with Crippen LogP contribution in [0.5, 0.6) is 0 Å². The number of aliphatic hydroxyl groups is 2. The highest BCUT2D eigenvalue weighted by atomic mass is 16.5. The van der Waals surface area contributed by atoms with Gasteiger partial charge in [-0.25, -0.2) is 0 Å². The molecular formula is C20H43NO2. The van der Waals surface area contributed by atoms with Crippen molar-refractivity contribution in [2.24, 2.45) is 5.73 Å². The third-order valence-electron chi connectivity index (χ3n) is 4.69. The quantitative estimate of drug-likeness (QED) is 0.237. The van der Waals surface area contributed by atoms with Crippen LogP contribution in [0.4, 0.5) is 0 Å². The van der Waals surface area contributed by atoms with Crippen LogP contribution in [-0.4, -0.2) is 22.5 Å². The van der Waals surface area contributed by atoms with Gasteiger partial charge in [-0.15, -0.1) is 0 Å². The lowest BCUT2D eigenvalue weighted by Gasteiger charge is -2.12. The maximum Gasteiger partial charge on any atom is 0.152 e. The van der Waals surface area contributed by atoms with Crippen molar-refractivity contribution in [3.63, 3.8) is 0 Å². The lowest BCUT2D eigenvalue weighted by atomic mass is 10.0. The molecule has 0 amide bonds. The molecule has 0 fully saturated rings. The molecule has 140 valence electrons. The van der Waals surface area contributed by atoms with Crippen molar-refractivity contribution >= 4 is 0 Å². The summed E-state index contributed by atoms with van der Waals surface area (Å²) in [6.07, 6.45) is 20.5. The second-order valence-electron chi connectivity index (χ2n) is 7.21. The molecule has 0 aromatic heterocycles. The van der Waals surface area contributed by atoms with Crippen LogP contribution in [0.2, 0.25) is 0 Å². The van der Waals surface area contributed by atoms with Gasteiger partial charge < -0.3 is 15.9 Å². The van der Waals surface area contributed by atoms with Crippen LogP contribution in [-0.2, 0) is 0 Å². The number of unbranched alkanes of at least 4 members (excludes halogenated alkanes) is 14. The molecule has 0 aliphatic rings. The Morgan fingerprint density at radius 2 is 0.957 bits per heavy atom. The largest absolute Gasteiger partial charge is 0.368 e. The van der Waals surface area contributed by atoms with Crippen molar-refractivity contribution in [3.8, 4) is 0 Å². The molecule has 1 unspecified atom stereocenters. The molecule has 0 bridgehead atoms. The number of rotatable bonds is 18. The van der Waals surface area contributed by atoms with Gasteiger partial charge in [-0.05, 0) is 6.42 Å². The smallest absolute Gasteiger partial charge is 0.152 e. The second-order valence-corrected chi connectivity index (χ2v) is 7.21. The van der Waals surface area contributed by atoms with Gasteiger partial charge in [0.2, 0.25) is 0 Å². The highest BCUT2D eigenvalue weighted by Gasteiger charge is 2.06. The third kappa shape index (κ3) is 19.8. The minimum absolute atomic E-state index is 0.0584. The van der Waals surface area contributed by atoms with E-state index in [1.165, 1.54) is 89.9 Å². The average molecular weight is 330 g/mol. The van der Waals surface area contributed by atoms with E-state index in [4.69, 9.17) is 15.9 Å². The van der Waals surface area contributed by atoms with Gasteiger partial charge in [0.1, 0.15) is 0 Å². The molecule has 0 spiro atoms. The summed E-state index contributed by atoms with van der Waals surface area (Å²) in [6.45, 7) is 2.28. The summed E-state index contributed by atoms with van der Waals surface area (Å²) in [6, 6.07) is -0.0584. The number of hydrogen-bond acceptors (Lipinski definition) is 3. The minimum atomic E-state index is -1.25. The van der Waals surface area contributed by atoms with E-state index in [0.29, 0.717) is 6.42 Å². The highest BCUT2D eigenvalue weighted by molar-refractivity contribution is 4.62. The zero-order chi connectivity index (χ0) is 17.2. The predicted molar refractivity (Wildman–Crippen MR) is 100 cm³/mol. The van der Waals surface area contributed by atoms with E-state index < -0.39 is 6.29 Å². The molecule has 4 N–H and O–H groups in total. The van der Waals surface area contributed by atoms with Crippen LogP contribution < -0.4 is 5.73 Å². The lowest BCUT2D eigenvalue weighted by molar-refractivity contribution is -0.0497. The molecule has 3 heteroatoms. The topological polar surface area (TPSA) is 66.5 Å². The molecule has 0 radical (unpaired) electrons. The molecule has 1 atom stereocenters. The summed E-state index contributed by atoms with van der Waals surface area (Å²) in [4.78, 5) is 0. The van der Waals surface area contributed by atoms with Gasteiger partial charge in [0.05, 0.1) is 0 Å². The van der Waals surface area contributed by atoms with Gasteiger partial charge in [0, 0.05) is 12.5 Å². The molecule has 0 heterocycles. The van der Waals surface area contributed by atoms with Crippen LogP contribution in [0, 0.1) is 0 Å². The molecule has 0 aromatic carbocycles. The van der Waals surface area contributed by atoms with Gasteiger partial charge >= 0.3 is 0 Å². The van der Waals surface area contributed by atoms with Crippen molar-refractivity contribution < 1.29 is 10.2 Å². The fraction of sp³-hybridized carbons (Fsp3) is 1.00. The van der Waals surface area contributed by atoms with Crippen LogP contribution in [0.25, 0.3) is 0 Å². The number of hydrogen-bond donors (Lipinski definition) is 3. The SMILES string of the molecule is CCCCCCCCCCCCCCCCCC(N)CC(O)O. The van der Waals surface area contributed by atoms with E-state index in [2.05, 4.69) is 6.92 Å². The molecule has 3 nitrogen and oxygen atoms in total. The zero-order valence-corrected chi connectivity index (χ0v) is 15.6. The van der Waals surface area contributed by atoms with Crippen molar-refractivity contribution in [1.82, 2.24) is 0 Å². The van der Waals surface area contributed by atoms with Gasteiger partial charge in [0.15, 0.2) is 6.29 Å². The lowest BCUT2D eigenvalue weighted by Crippen LogP contribution is -2.25. The number of nitrogens with two attached hydrogens (primary N) is 1. The van der Waals surface area contributed by atoms with Crippen molar-refractivity contribution in [1.29, 1.82) is 0 Å². The fourth-order valence-electron chi connectivity index (χ4n) is 3.17. The van der Waals surface area contributed by atoms with E-state index >= 15 is 0 Å². The molecule has 0 rings (SSSR count). The first-order chi connectivity index (χ1) is 11.2. The Balaban J connectivity index is 3.05. The Hall–Kier alpha value is -0.120. The predicted octanol–water partition coefficient (Wildman–Crippen LogP) is 5.28. The normalized spacial score (nSPS) is 12.9. The van der Waals surface area contributed by atoms with E-state index in [9.17, 15) is 0 Å². The van der Waals surface area contributed by atoms with Gasteiger partial charge in [-0.1, -0.05) is 103 Å². The summed E-state index contributed by atoms with van der Waals surface area (Å²) in [5.74, 6) is 0. The monoisotopic (exact) mass is 329 g/mol. The maximum absolute atomic E-state index is 8.82. The summed E-state index contributed by atoms with van der Waals surface area (Å²) >= 11 is 0. The molecule has 0 aromatic rings. The molecule has 0 saturated heterocycles. The van der Waals surface area contributed by atoms with Gasteiger partial charge in [0.25, 0.3) is 0 Å². The summed E-state index contributed by atoms with van der Waals surface area (Å²) in [5, 5.41) is 17.6. The van der Waals surface area contributed by atoms with Gasteiger partial charge in [-0.2, -0.15) is 0 Å². The fourth-order valence-corrected chi connectivity index (χ4v) is 3.17.